The molecule has 0 saturated heterocycles. The summed E-state index contributed by atoms with van der Waals surface area (Å²) >= 11 is 0. The molecule has 2 heterocycles. The van der Waals surface area contributed by atoms with Crippen LogP contribution in [0, 0.1) is 25.7 Å². The fourth-order valence-corrected chi connectivity index (χ4v) is 12.8. The molecule has 4 unspecified atom stereocenters. The van der Waals surface area contributed by atoms with Crippen molar-refractivity contribution in [2.45, 2.75) is 196 Å². The summed E-state index contributed by atoms with van der Waals surface area (Å²) in [7, 11) is 0. The van der Waals surface area contributed by atoms with Crippen molar-refractivity contribution in [1.29, 1.82) is 0 Å². The summed E-state index contributed by atoms with van der Waals surface area (Å²) in [6.45, 7) is 24.2. The summed E-state index contributed by atoms with van der Waals surface area (Å²) in [5.41, 5.74) is 17.9. The maximum atomic E-state index is 15.9. The van der Waals surface area contributed by atoms with Crippen LogP contribution >= 0.6 is 0 Å². The van der Waals surface area contributed by atoms with E-state index in [1.54, 1.807) is 0 Å². The molecule has 0 spiro atoms. The van der Waals surface area contributed by atoms with Crippen LogP contribution in [0.15, 0.2) is 83.9 Å². The van der Waals surface area contributed by atoms with Gasteiger partial charge in [0.1, 0.15) is 0 Å². The molecule has 68 heavy (non-hydrogen) atoms. The molecular weight excluding hydrogens is 829 g/mol. The highest BCUT2D eigenvalue weighted by Crippen LogP contribution is 2.56. The first-order chi connectivity index (χ1) is 32.9. The molecule has 4 heteroatoms. The zero-order chi connectivity index (χ0) is 48.3. The second-order valence-electron chi connectivity index (χ2n) is 22.0. The van der Waals surface area contributed by atoms with Gasteiger partial charge in [-0.15, -0.1) is 0 Å². The van der Waals surface area contributed by atoms with Gasteiger partial charge in [-0.25, -0.2) is 0 Å². The first-order valence-corrected chi connectivity index (χ1v) is 27.5. The minimum Gasteiger partial charge on any atom is -0.307 e. The minimum atomic E-state index is -0.168. The van der Waals surface area contributed by atoms with Crippen LogP contribution in [0.1, 0.15) is 215 Å². The normalized spacial score (nSPS) is 20.1. The molecule has 4 aromatic rings. The quantitative estimate of drug-likeness (QED) is 0.0657. The molecule has 0 saturated carbocycles. The van der Waals surface area contributed by atoms with Gasteiger partial charge in [0.15, 0.2) is 0 Å². The van der Waals surface area contributed by atoms with E-state index in [0.29, 0.717) is 36.1 Å². The summed E-state index contributed by atoms with van der Waals surface area (Å²) in [5, 5.41) is 0. The number of carbonyl (C=O) groups excluding carboxylic acids is 2. The third-order valence-electron chi connectivity index (χ3n) is 17.1. The van der Waals surface area contributed by atoms with Crippen LogP contribution in [0.2, 0.25) is 0 Å². The Balaban J connectivity index is 1.34. The Kier molecular flexibility index (Phi) is 15.4. The van der Waals surface area contributed by atoms with Crippen molar-refractivity contribution in [2.75, 3.05) is 13.1 Å². The number of hydrogen-bond acceptors (Lipinski definition) is 2. The van der Waals surface area contributed by atoms with Crippen molar-refractivity contribution in [1.82, 2.24) is 9.80 Å². The maximum Gasteiger partial charge on any atom is 0.261 e. The number of amides is 2. The molecule has 4 aromatic carbocycles. The van der Waals surface area contributed by atoms with Crippen LogP contribution in [0.25, 0.3) is 33.6 Å². The van der Waals surface area contributed by atoms with Gasteiger partial charge >= 0.3 is 0 Å². The molecule has 2 aliphatic carbocycles. The van der Waals surface area contributed by atoms with Crippen LogP contribution in [-0.2, 0) is 20.4 Å². The van der Waals surface area contributed by atoms with E-state index >= 15 is 9.59 Å². The van der Waals surface area contributed by atoms with Crippen molar-refractivity contribution >= 4 is 23.2 Å². The molecule has 0 aromatic heterocycles. The number of nitrogens with zero attached hydrogens (tertiary/aromatic N) is 2. The van der Waals surface area contributed by atoms with Crippen LogP contribution in [-0.4, -0.2) is 34.7 Å². The maximum absolute atomic E-state index is 15.9. The van der Waals surface area contributed by atoms with Gasteiger partial charge in [0.25, 0.3) is 11.8 Å². The predicted molar refractivity (Wildman–Crippen MR) is 288 cm³/mol. The Bertz CT molecular complexity index is 2400. The van der Waals surface area contributed by atoms with E-state index in [1.807, 2.05) is 0 Å². The van der Waals surface area contributed by atoms with E-state index in [4.69, 9.17) is 0 Å². The van der Waals surface area contributed by atoms with Gasteiger partial charge in [0, 0.05) is 23.9 Å². The molecule has 0 N–H and O–H groups in total. The molecular formula is C64H84N2O2. The highest BCUT2D eigenvalue weighted by Gasteiger charge is 2.51. The van der Waals surface area contributed by atoms with Crippen molar-refractivity contribution in [2.24, 2.45) is 11.8 Å². The number of rotatable bonds is 24. The van der Waals surface area contributed by atoms with Crippen LogP contribution in [0.5, 0.6) is 0 Å². The largest absolute Gasteiger partial charge is 0.307 e. The molecule has 2 amide bonds. The molecule has 0 fully saturated rings. The number of carbonyl (C=O) groups is 2. The van der Waals surface area contributed by atoms with Crippen LogP contribution in [0.3, 0.4) is 0 Å². The Morgan fingerprint density at radius 3 is 1.15 bits per heavy atom. The smallest absolute Gasteiger partial charge is 0.261 e. The molecule has 0 bridgehead atoms. The molecule has 0 radical (unpaired) electrons. The Labute approximate surface area is 412 Å². The zero-order valence-corrected chi connectivity index (χ0v) is 43.9. The lowest BCUT2D eigenvalue weighted by atomic mass is 9.75. The third-order valence-corrected chi connectivity index (χ3v) is 17.1. The number of fused-ring (bicyclic) bond motifs is 7. The lowest BCUT2D eigenvalue weighted by molar-refractivity contribution is -0.124. The summed E-state index contributed by atoms with van der Waals surface area (Å²) < 4.78 is 0. The number of hydrogen-bond donors (Lipinski definition) is 0. The summed E-state index contributed by atoms with van der Waals surface area (Å²) in [6.07, 6.45) is 20.5. The summed E-state index contributed by atoms with van der Waals surface area (Å²) in [6, 6.07) is 27.9. The van der Waals surface area contributed by atoms with Gasteiger partial charge < -0.3 is 9.80 Å². The summed E-state index contributed by atoms with van der Waals surface area (Å²) in [4.78, 5) is 36.0. The summed E-state index contributed by atoms with van der Waals surface area (Å²) in [5.74, 6) is 0.674. The fourth-order valence-electron chi connectivity index (χ4n) is 12.8. The van der Waals surface area contributed by atoms with E-state index in [9.17, 15) is 0 Å². The Hall–Kier alpha value is -4.70. The molecule has 4 nitrogen and oxygen atoms in total. The first kappa shape index (κ1) is 49.7. The third kappa shape index (κ3) is 9.01. The molecule has 2 aliphatic heterocycles. The van der Waals surface area contributed by atoms with Gasteiger partial charge in [0.05, 0.1) is 22.5 Å². The van der Waals surface area contributed by atoms with Crippen molar-refractivity contribution in [3.8, 4) is 22.3 Å². The van der Waals surface area contributed by atoms with E-state index in [1.165, 1.54) is 107 Å². The molecule has 362 valence electrons. The number of unbranched alkanes of at least 4 members (excludes halogenated alkanes) is 8. The van der Waals surface area contributed by atoms with Crippen molar-refractivity contribution in [3.63, 3.8) is 0 Å². The van der Waals surface area contributed by atoms with Gasteiger partial charge in [0.2, 0.25) is 0 Å². The second-order valence-corrected chi connectivity index (χ2v) is 22.0. The Morgan fingerprint density at radius 1 is 0.441 bits per heavy atom. The highest BCUT2D eigenvalue weighted by atomic mass is 16.2. The van der Waals surface area contributed by atoms with Crippen molar-refractivity contribution in [3.05, 3.63) is 128 Å². The molecule has 4 aliphatic rings. The van der Waals surface area contributed by atoms with Gasteiger partial charge in [-0.05, 0) is 119 Å². The van der Waals surface area contributed by atoms with E-state index < -0.39 is 0 Å². The van der Waals surface area contributed by atoms with Crippen molar-refractivity contribution < 1.29 is 9.59 Å². The standard InChI is InChI=1S/C64H84N2O2/c1-11-17-21-23-35-63(9)53-37-43(7)27-31-49(53)51-33-29-47(39-55(51)63)59-57-58(62(68)65(59)41-45(15-5)25-19-13-3)60(66(61(57)67)42-46(16-6)26-20-14-4)48-30-34-52-50-32-28-44(8)38-54(50)64(10,56(52)40-48)36-24-22-18-12-2/h27-34,37-40,45-46H,11-26,35-36,41-42H2,1-10H3. The average molecular weight is 913 g/mol. The van der Waals surface area contributed by atoms with Gasteiger partial charge in [-0.2, -0.15) is 0 Å². The van der Waals surface area contributed by atoms with E-state index in [-0.39, 0.29) is 22.6 Å². The minimum absolute atomic E-state index is 0.000814. The lowest BCUT2D eigenvalue weighted by Crippen LogP contribution is -2.35. The topological polar surface area (TPSA) is 40.6 Å². The van der Waals surface area contributed by atoms with Gasteiger partial charge in [-0.3, -0.25) is 9.59 Å². The van der Waals surface area contributed by atoms with E-state index in [0.717, 1.165) is 86.7 Å². The molecule has 8 rings (SSSR count). The Morgan fingerprint density at radius 2 is 0.794 bits per heavy atom. The molecule has 4 atom stereocenters. The average Bonchev–Trinajstić information content (AvgIpc) is 3.96. The monoisotopic (exact) mass is 913 g/mol. The highest BCUT2D eigenvalue weighted by molar-refractivity contribution is 6.30. The van der Waals surface area contributed by atoms with E-state index in [2.05, 4.69) is 152 Å². The number of aryl methyl sites for hydroxylation is 2. The fraction of sp³-hybridized carbons (Fsp3) is 0.531. The zero-order valence-electron chi connectivity index (χ0n) is 43.9. The van der Waals surface area contributed by atoms with Crippen LogP contribution in [0.4, 0.5) is 0 Å². The SMILES string of the molecule is CCCCCCC1(C)c2cc(C)ccc2-c2ccc(C3=C4C(=O)N(CC(CC)CCCC)C(c5ccc6c(c5)C(C)(CCCCCC)c5cc(C)ccc5-6)=C4C(=O)N3CC(CC)CCCC)cc21. The lowest BCUT2D eigenvalue weighted by Gasteiger charge is -2.31. The first-order valence-electron chi connectivity index (χ1n) is 27.5. The number of benzene rings is 4. The van der Waals surface area contributed by atoms with Gasteiger partial charge in [-0.1, -0.05) is 217 Å². The predicted octanol–water partition coefficient (Wildman–Crippen LogP) is 17.1. The van der Waals surface area contributed by atoms with Crippen LogP contribution < -0.4 is 0 Å². The second kappa shape index (κ2) is 21.1.